The van der Waals surface area contributed by atoms with Gasteiger partial charge < -0.3 is 20.3 Å². The van der Waals surface area contributed by atoms with Gasteiger partial charge >= 0.3 is 0 Å². The molecule has 0 saturated carbocycles. The minimum absolute atomic E-state index is 0. The first-order chi connectivity index (χ1) is 12.6. The highest BCUT2D eigenvalue weighted by Gasteiger charge is 2.02. The number of guanidine groups is 1. The lowest BCUT2D eigenvalue weighted by molar-refractivity contribution is 0.414. The molecule has 27 heavy (non-hydrogen) atoms. The van der Waals surface area contributed by atoms with Gasteiger partial charge in [-0.05, 0) is 43.2 Å². The van der Waals surface area contributed by atoms with Crippen LogP contribution in [0.25, 0.3) is 0 Å². The first kappa shape index (κ1) is 23.0. The monoisotopic (exact) mass is 483 g/mol. The van der Waals surface area contributed by atoms with Gasteiger partial charge in [-0.2, -0.15) is 0 Å². The van der Waals surface area contributed by atoms with Crippen LogP contribution in [-0.2, 0) is 13.0 Å². The summed E-state index contributed by atoms with van der Waals surface area (Å²) in [6.45, 7) is 4.23. The average molecular weight is 483 g/mol. The van der Waals surface area contributed by atoms with Crippen LogP contribution in [0.1, 0.15) is 18.2 Å². The molecule has 2 rings (SSSR count). The minimum atomic E-state index is 0. The lowest BCUT2D eigenvalue weighted by Gasteiger charge is -2.13. The Bertz CT molecular complexity index is 704. The van der Waals surface area contributed by atoms with Crippen molar-refractivity contribution in [3.05, 3.63) is 53.7 Å². The summed E-state index contributed by atoms with van der Waals surface area (Å²) in [5.41, 5.74) is 2.21. The second kappa shape index (κ2) is 12.4. The summed E-state index contributed by atoms with van der Waals surface area (Å²) >= 11 is 0. The number of methoxy groups -OCH3 is 1. The summed E-state index contributed by atoms with van der Waals surface area (Å²) in [5, 5.41) is 6.65. The number of rotatable bonds is 8. The summed E-state index contributed by atoms with van der Waals surface area (Å²) in [4.78, 5) is 11.2. The third kappa shape index (κ3) is 8.03. The first-order valence-electron chi connectivity index (χ1n) is 8.90. The molecule has 1 heterocycles. The van der Waals surface area contributed by atoms with Crippen LogP contribution in [0, 0.1) is 0 Å². The van der Waals surface area contributed by atoms with Gasteiger partial charge in [0.05, 0.1) is 19.3 Å². The molecule has 0 saturated heterocycles. The summed E-state index contributed by atoms with van der Waals surface area (Å²) in [6, 6.07) is 14.1. The van der Waals surface area contributed by atoms with Crippen molar-refractivity contribution in [2.75, 3.05) is 39.2 Å². The number of anilines is 1. The second-order valence-corrected chi connectivity index (χ2v) is 6.10. The lowest BCUT2D eigenvalue weighted by atomic mass is 10.1. The van der Waals surface area contributed by atoms with E-state index in [4.69, 9.17) is 4.74 Å². The lowest BCUT2D eigenvalue weighted by Crippen LogP contribution is -2.38. The normalized spacial score (nSPS) is 10.7. The Balaban J connectivity index is 0.00000364. The number of benzene rings is 1. The minimum Gasteiger partial charge on any atom is -0.497 e. The Kier molecular flexibility index (Phi) is 10.5. The zero-order valence-electron chi connectivity index (χ0n) is 16.5. The number of hydrogen-bond donors (Lipinski definition) is 2. The Morgan fingerprint density at radius 1 is 1.11 bits per heavy atom. The van der Waals surface area contributed by atoms with Crippen LogP contribution in [0.2, 0.25) is 0 Å². The van der Waals surface area contributed by atoms with Gasteiger partial charge in [0, 0.05) is 27.2 Å². The molecular weight excluding hydrogens is 453 g/mol. The number of nitrogens with one attached hydrogen (secondary N) is 2. The maximum atomic E-state index is 5.19. The predicted molar refractivity (Wildman–Crippen MR) is 123 cm³/mol. The number of aliphatic imine (C=N–C) groups is 1. The number of pyridine rings is 1. The molecule has 0 bridgehead atoms. The average Bonchev–Trinajstić information content (AvgIpc) is 2.67. The van der Waals surface area contributed by atoms with Crippen molar-refractivity contribution in [1.29, 1.82) is 0 Å². The molecular formula is C20H30IN5O. The number of ether oxygens (including phenoxy) is 1. The molecule has 0 radical (unpaired) electrons. The first-order valence-corrected chi connectivity index (χ1v) is 8.90. The van der Waals surface area contributed by atoms with Gasteiger partial charge in [-0.1, -0.05) is 18.2 Å². The highest BCUT2D eigenvalue weighted by Crippen LogP contribution is 2.11. The molecule has 0 atom stereocenters. The van der Waals surface area contributed by atoms with Crippen molar-refractivity contribution in [1.82, 2.24) is 15.6 Å². The molecule has 0 fully saturated rings. The van der Waals surface area contributed by atoms with Crippen molar-refractivity contribution in [3.63, 3.8) is 0 Å². The molecule has 0 spiro atoms. The van der Waals surface area contributed by atoms with Gasteiger partial charge in [0.2, 0.25) is 0 Å². The van der Waals surface area contributed by atoms with E-state index in [9.17, 15) is 0 Å². The van der Waals surface area contributed by atoms with E-state index in [1.165, 1.54) is 5.56 Å². The number of hydrogen-bond acceptors (Lipinski definition) is 4. The topological polar surface area (TPSA) is 61.8 Å². The van der Waals surface area contributed by atoms with Crippen molar-refractivity contribution in [3.8, 4) is 5.75 Å². The molecule has 0 unspecified atom stereocenters. The standard InChI is InChI=1S/C20H29N5O.HI/c1-5-21-20(22-14-13-16-9-11-18(26-4)12-10-16)23-15-17-7-6-8-19(24-17)25(2)3;/h6-12H,5,13-15H2,1-4H3,(H2,21,22,23);1H. The van der Waals surface area contributed by atoms with Gasteiger partial charge in [0.15, 0.2) is 5.96 Å². The number of aromatic nitrogens is 1. The third-order valence-corrected chi connectivity index (χ3v) is 3.86. The van der Waals surface area contributed by atoms with Crippen LogP contribution in [0.3, 0.4) is 0 Å². The van der Waals surface area contributed by atoms with Crippen LogP contribution >= 0.6 is 24.0 Å². The summed E-state index contributed by atoms with van der Waals surface area (Å²) in [7, 11) is 5.65. The molecule has 0 aliphatic carbocycles. The summed E-state index contributed by atoms with van der Waals surface area (Å²) in [6.07, 6.45) is 0.919. The number of halogens is 1. The fourth-order valence-electron chi connectivity index (χ4n) is 2.42. The molecule has 6 nitrogen and oxygen atoms in total. The summed E-state index contributed by atoms with van der Waals surface area (Å²) < 4.78 is 5.19. The quantitative estimate of drug-likeness (QED) is 0.344. The zero-order chi connectivity index (χ0) is 18.8. The van der Waals surface area contributed by atoms with E-state index < -0.39 is 0 Å². The molecule has 2 N–H and O–H groups in total. The Hall–Kier alpha value is -2.03. The predicted octanol–water partition coefficient (Wildman–Crippen LogP) is 3.07. The number of nitrogens with zero attached hydrogens (tertiary/aromatic N) is 3. The second-order valence-electron chi connectivity index (χ2n) is 6.10. The van der Waals surface area contributed by atoms with Crippen LogP contribution in [-0.4, -0.2) is 45.2 Å². The highest BCUT2D eigenvalue weighted by atomic mass is 127. The third-order valence-electron chi connectivity index (χ3n) is 3.86. The summed E-state index contributed by atoms with van der Waals surface area (Å²) in [5.74, 6) is 2.62. The van der Waals surface area contributed by atoms with Crippen molar-refractivity contribution in [2.45, 2.75) is 19.9 Å². The largest absolute Gasteiger partial charge is 0.497 e. The van der Waals surface area contributed by atoms with Crippen LogP contribution < -0.4 is 20.3 Å². The molecule has 2 aromatic rings. The molecule has 1 aromatic heterocycles. The highest BCUT2D eigenvalue weighted by molar-refractivity contribution is 14.0. The Morgan fingerprint density at radius 3 is 2.48 bits per heavy atom. The van der Waals surface area contributed by atoms with Crippen LogP contribution in [0.5, 0.6) is 5.75 Å². The smallest absolute Gasteiger partial charge is 0.191 e. The van der Waals surface area contributed by atoms with E-state index in [-0.39, 0.29) is 24.0 Å². The molecule has 7 heteroatoms. The van der Waals surface area contributed by atoms with Gasteiger partial charge in [-0.3, -0.25) is 0 Å². The maximum Gasteiger partial charge on any atom is 0.191 e. The van der Waals surface area contributed by atoms with E-state index in [1.54, 1.807) is 7.11 Å². The molecule has 1 aromatic carbocycles. The molecule has 0 aliphatic rings. The SMILES string of the molecule is CCNC(=NCc1cccc(N(C)C)n1)NCCc1ccc(OC)cc1.I. The van der Waals surface area contributed by atoms with Crippen molar-refractivity contribution >= 4 is 35.8 Å². The Labute approximate surface area is 179 Å². The molecule has 0 aliphatic heterocycles. The van der Waals surface area contributed by atoms with E-state index in [1.807, 2.05) is 49.3 Å². The van der Waals surface area contributed by atoms with Crippen molar-refractivity contribution in [2.24, 2.45) is 4.99 Å². The molecule has 0 amide bonds. The van der Waals surface area contributed by atoms with Gasteiger partial charge in [-0.25, -0.2) is 9.98 Å². The van der Waals surface area contributed by atoms with Crippen molar-refractivity contribution < 1.29 is 4.74 Å². The zero-order valence-corrected chi connectivity index (χ0v) is 18.9. The van der Waals surface area contributed by atoms with E-state index in [2.05, 4.69) is 39.7 Å². The van der Waals surface area contributed by atoms with Crippen LogP contribution in [0.4, 0.5) is 5.82 Å². The van der Waals surface area contributed by atoms with Crippen LogP contribution in [0.15, 0.2) is 47.5 Å². The van der Waals surface area contributed by atoms with E-state index in [0.717, 1.165) is 42.7 Å². The van der Waals surface area contributed by atoms with E-state index in [0.29, 0.717) is 6.54 Å². The van der Waals surface area contributed by atoms with Gasteiger partial charge in [0.25, 0.3) is 0 Å². The Morgan fingerprint density at radius 2 is 1.85 bits per heavy atom. The van der Waals surface area contributed by atoms with Gasteiger partial charge in [-0.15, -0.1) is 24.0 Å². The van der Waals surface area contributed by atoms with Gasteiger partial charge in [0.1, 0.15) is 11.6 Å². The molecule has 148 valence electrons. The fraction of sp³-hybridized carbons (Fsp3) is 0.400. The fourth-order valence-corrected chi connectivity index (χ4v) is 2.42. The van der Waals surface area contributed by atoms with E-state index >= 15 is 0 Å². The maximum absolute atomic E-state index is 5.19.